The zero-order valence-corrected chi connectivity index (χ0v) is 10.7. The minimum atomic E-state index is -2.53. The van der Waals surface area contributed by atoms with Gasteiger partial charge in [-0.05, 0) is 34.9 Å². The maximum Gasteiger partial charge on any atom is 0.263 e. The fraction of sp³-hybridized carbons (Fsp3) is 0.250. The first-order valence-electron chi connectivity index (χ1n) is 6.47. The Morgan fingerprint density at radius 1 is 1.00 bits per heavy atom. The van der Waals surface area contributed by atoms with E-state index in [1.54, 1.807) is 12.1 Å². The number of hydrogen-bond acceptors (Lipinski definition) is 2. The monoisotopic (exact) mass is 276 g/mol. The molecular formula is C16H14F2O2. The van der Waals surface area contributed by atoms with Gasteiger partial charge in [-0.25, -0.2) is 8.78 Å². The third kappa shape index (κ3) is 2.39. The fourth-order valence-electron chi connectivity index (χ4n) is 2.43. The molecule has 0 bridgehead atoms. The molecule has 1 aliphatic heterocycles. The van der Waals surface area contributed by atoms with Crippen molar-refractivity contribution in [1.29, 1.82) is 0 Å². The van der Waals surface area contributed by atoms with Gasteiger partial charge in [0.15, 0.2) is 0 Å². The highest BCUT2D eigenvalue weighted by Gasteiger charge is 2.17. The van der Waals surface area contributed by atoms with E-state index in [-0.39, 0.29) is 5.56 Å². The van der Waals surface area contributed by atoms with Crippen LogP contribution in [0.2, 0.25) is 0 Å². The molecule has 1 heterocycles. The number of benzene rings is 2. The number of aliphatic hydroxyl groups is 1. The number of aliphatic hydroxyl groups excluding tert-OH is 1. The fourth-order valence-corrected chi connectivity index (χ4v) is 2.43. The van der Waals surface area contributed by atoms with E-state index in [1.807, 2.05) is 12.1 Å². The summed E-state index contributed by atoms with van der Waals surface area (Å²) in [5.74, 6) is 0.835. The molecule has 0 saturated carbocycles. The minimum absolute atomic E-state index is 0.0777. The van der Waals surface area contributed by atoms with Gasteiger partial charge in [0.05, 0.1) is 6.61 Å². The Morgan fingerprint density at radius 3 is 2.55 bits per heavy atom. The van der Waals surface area contributed by atoms with E-state index in [0.717, 1.165) is 17.7 Å². The Morgan fingerprint density at radius 2 is 1.75 bits per heavy atom. The predicted molar refractivity (Wildman–Crippen MR) is 71.1 cm³/mol. The van der Waals surface area contributed by atoms with Crippen molar-refractivity contribution < 1.29 is 18.6 Å². The topological polar surface area (TPSA) is 29.5 Å². The standard InChI is InChI=1S/C16H14F2O2/c17-16(18)13-3-1-2-11(9-13)15(19)12-4-5-14-10(8-12)6-7-20-14/h1-5,8-9,15-16,19H,6-7H2. The van der Waals surface area contributed by atoms with E-state index >= 15 is 0 Å². The lowest BCUT2D eigenvalue weighted by atomic mass is 9.97. The highest BCUT2D eigenvalue weighted by atomic mass is 19.3. The third-order valence-electron chi connectivity index (χ3n) is 3.51. The molecule has 0 spiro atoms. The molecule has 0 aliphatic carbocycles. The molecule has 4 heteroatoms. The molecule has 3 rings (SSSR count). The molecule has 0 saturated heterocycles. The first-order chi connectivity index (χ1) is 9.65. The molecule has 0 radical (unpaired) electrons. The third-order valence-corrected chi connectivity index (χ3v) is 3.51. The lowest BCUT2D eigenvalue weighted by Crippen LogP contribution is -2.01. The molecule has 0 fully saturated rings. The first-order valence-corrected chi connectivity index (χ1v) is 6.47. The lowest BCUT2D eigenvalue weighted by Gasteiger charge is -2.13. The second kappa shape index (κ2) is 5.21. The number of halogens is 2. The number of hydrogen-bond donors (Lipinski definition) is 1. The molecule has 1 unspecified atom stereocenters. The summed E-state index contributed by atoms with van der Waals surface area (Å²) < 4.78 is 30.8. The minimum Gasteiger partial charge on any atom is -0.493 e. The number of rotatable bonds is 3. The second-order valence-corrected chi connectivity index (χ2v) is 4.84. The van der Waals surface area contributed by atoms with Crippen LogP contribution in [-0.2, 0) is 6.42 Å². The summed E-state index contributed by atoms with van der Waals surface area (Å²) in [7, 11) is 0. The molecule has 2 nitrogen and oxygen atoms in total. The predicted octanol–water partition coefficient (Wildman–Crippen LogP) is 3.64. The van der Waals surface area contributed by atoms with Gasteiger partial charge in [-0.15, -0.1) is 0 Å². The molecule has 2 aromatic rings. The van der Waals surface area contributed by atoms with E-state index in [9.17, 15) is 13.9 Å². The van der Waals surface area contributed by atoms with Gasteiger partial charge in [0.25, 0.3) is 6.43 Å². The summed E-state index contributed by atoms with van der Waals surface area (Å²) in [6.45, 7) is 0.649. The average Bonchev–Trinajstić information content (AvgIpc) is 2.94. The van der Waals surface area contributed by atoms with Gasteiger partial charge in [0.1, 0.15) is 11.9 Å². The molecule has 20 heavy (non-hydrogen) atoms. The molecule has 0 amide bonds. The number of alkyl halides is 2. The Balaban J connectivity index is 1.92. The molecule has 1 N–H and O–H groups in total. The van der Waals surface area contributed by atoms with Gasteiger partial charge < -0.3 is 9.84 Å². The summed E-state index contributed by atoms with van der Waals surface area (Å²) >= 11 is 0. The van der Waals surface area contributed by atoms with Crippen molar-refractivity contribution in [3.63, 3.8) is 0 Å². The maximum absolute atomic E-state index is 12.7. The zero-order valence-electron chi connectivity index (χ0n) is 10.7. The summed E-state index contributed by atoms with van der Waals surface area (Å²) in [6, 6.07) is 11.4. The van der Waals surface area contributed by atoms with Crippen LogP contribution >= 0.6 is 0 Å². The van der Waals surface area contributed by atoms with E-state index in [0.29, 0.717) is 17.7 Å². The van der Waals surface area contributed by atoms with Crippen LogP contribution in [0.3, 0.4) is 0 Å². The summed E-state index contributed by atoms with van der Waals surface area (Å²) in [6.07, 6.45) is -2.62. The molecule has 104 valence electrons. The van der Waals surface area contributed by atoms with Crippen LogP contribution in [0.15, 0.2) is 42.5 Å². The Labute approximate surface area is 115 Å². The molecule has 2 aromatic carbocycles. The van der Waals surface area contributed by atoms with E-state index in [4.69, 9.17) is 4.74 Å². The SMILES string of the molecule is OC(c1cccc(C(F)F)c1)c1ccc2c(c1)CCO2. The van der Waals surface area contributed by atoms with Crippen molar-refractivity contribution in [3.8, 4) is 5.75 Å². The molecule has 0 aromatic heterocycles. The van der Waals surface area contributed by atoms with Gasteiger partial charge in [0.2, 0.25) is 0 Å². The largest absolute Gasteiger partial charge is 0.493 e. The van der Waals surface area contributed by atoms with E-state index in [2.05, 4.69) is 0 Å². The van der Waals surface area contributed by atoms with Crippen LogP contribution < -0.4 is 4.74 Å². The van der Waals surface area contributed by atoms with Crippen LogP contribution in [0.1, 0.15) is 34.8 Å². The normalized spacial score (nSPS) is 15.0. The van der Waals surface area contributed by atoms with Crippen molar-refractivity contribution in [2.24, 2.45) is 0 Å². The highest BCUT2D eigenvalue weighted by Crippen LogP contribution is 2.31. The molecular weight excluding hydrogens is 262 g/mol. The van der Waals surface area contributed by atoms with Gasteiger partial charge in [-0.1, -0.05) is 24.3 Å². The van der Waals surface area contributed by atoms with Gasteiger partial charge in [-0.3, -0.25) is 0 Å². The van der Waals surface area contributed by atoms with Crippen molar-refractivity contribution in [1.82, 2.24) is 0 Å². The van der Waals surface area contributed by atoms with E-state index < -0.39 is 12.5 Å². The number of ether oxygens (including phenoxy) is 1. The summed E-state index contributed by atoms with van der Waals surface area (Å²) in [4.78, 5) is 0. The van der Waals surface area contributed by atoms with Crippen LogP contribution in [-0.4, -0.2) is 11.7 Å². The van der Waals surface area contributed by atoms with Crippen molar-refractivity contribution >= 4 is 0 Å². The van der Waals surface area contributed by atoms with Crippen molar-refractivity contribution in [3.05, 3.63) is 64.7 Å². The van der Waals surface area contributed by atoms with Crippen LogP contribution in [0.5, 0.6) is 5.75 Å². The Bertz CT molecular complexity index is 626. The van der Waals surface area contributed by atoms with Gasteiger partial charge >= 0.3 is 0 Å². The van der Waals surface area contributed by atoms with Crippen LogP contribution in [0.4, 0.5) is 8.78 Å². The van der Waals surface area contributed by atoms with Crippen molar-refractivity contribution in [2.45, 2.75) is 19.0 Å². The highest BCUT2D eigenvalue weighted by molar-refractivity contribution is 5.43. The summed E-state index contributed by atoms with van der Waals surface area (Å²) in [5, 5.41) is 10.3. The van der Waals surface area contributed by atoms with Gasteiger partial charge in [-0.2, -0.15) is 0 Å². The molecule has 1 aliphatic rings. The van der Waals surface area contributed by atoms with E-state index in [1.165, 1.54) is 18.2 Å². The first kappa shape index (κ1) is 13.1. The Kier molecular flexibility index (Phi) is 3.40. The lowest BCUT2D eigenvalue weighted by molar-refractivity contribution is 0.150. The average molecular weight is 276 g/mol. The smallest absolute Gasteiger partial charge is 0.263 e. The number of fused-ring (bicyclic) bond motifs is 1. The molecule has 1 atom stereocenters. The van der Waals surface area contributed by atoms with Crippen LogP contribution in [0, 0.1) is 0 Å². The zero-order chi connectivity index (χ0) is 14.1. The van der Waals surface area contributed by atoms with Crippen LogP contribution in [0.25, 0.3) is 0 Å². The second-order valence-electron chi connectivity index (χ2n) is 4.84. The van der Waals surface area contributed by atoms with Gasteiger partial charge in [0, 0.05) is 12.0 Å². The van der Waals surface area contributed by atoms with Crippen molar-refractivity contribution in [2.75, 3.05) is 6.61 Å². The quantitative estimate of drug-likeness (QED) is 0.927. The Hall–Kier alpha value is -1.94. The maximum atomic E-state index is 12.7. The summed E-state index contributed by atoms with van der Waals surface area (Å²) in [5.41, 5.74) is 2.14.